The van der Waals surface area contributed by atoms with Crippen LogP contribution in [0.3, 0.4) is 0 Å². The zero-order chi connectivity index (χ0) is 11.8. The number of aryl methyl sites for hydroxylation is 1. The Morgan fingerprint density at radius 2 is 1.88 bits per heavy atom. The van der Waals surface area contributed by atoms with Gasteiger partial charge >= 0.3 is 0 Å². The van der Waals surface area contributed by atoms with E-state index < -0.39 is 0 Å². The second-order valence-electron chi connectivity index (χ2n) is 3.85. The van der Waals surface area contributed by atoms with Crippen molar-refractivity contribution in [2.24, 2.45) is 0 Å². The van der Waals surface area contributed by atoms with Gasteiger partial charge in [0, 0.05) is 6.54 Å². The van der Waals surface area contributed by atoms with Crippen LogP contribution in [0, 0.1) is 0 Å². The van der Waals surface area contributed by atoms with Crippen molar-refractivity contribution in [3.63, 3.8) is 0 Å². The van der Waals surface area contributed by atoms with Crippen LogP contribution in [0.4, 0.5) is 0 Å². The molecule has 0 radical (unpaired) electrons. The molecule has 17 heavy (non-hydrogen) atoms. The number of para-hydroxylation sites is 2. The highest BCUT2D eigenvalue weighted by Crippen LogP contribution is 2.19. The van der Waals surface area contributed by atoms with E-state index in [1.807, 2.05) is 35.8 Å². The molecule has 0 aliphatic carbocycles. The molecule has 2 heterocycles. The van der Waals surface area contributed by atoms with E-state index in [0.717, 1.165) is 28.5 Å². The summed E-state index contributed by atoms with van der Waals surface area (Å²) in [6.07, 6.45) is 0.845. The number of hydrogen-bond acceptors (Lipinski definition) is 3. The molecule has 0 spiro atoms. The Hall–Kier alpha value is -2.23. The largest absolute Gasteiger partial charge is 0.322 e. The lowest BCUT2D eigenvalue weighted by Gasteiger charge is -2.02. The zero-order valence-electron chi connectivity index (χ0n) is 9.42. The lowest BCUT2D eigenvalue weighted by Crippen LogP contribution is -2.00. The number of nitrogens with zero attached hydrogens (tertiary/aromatic N) is 3. The molecule has 0 aliphatic heterocycles. The van der Waals surface area contributed by atoms with Gasteiger partial charge in [0.2, 0.25) is 0 Å². The first-order chi connectivity index (χ1) is 8.33. The second kappa shape index (κ2) is 3.66. The van der Waals surface area contributed by atoms with E-state index in [0.29, 0.717) is 12.2 Å². The number of rotatable bonds is 2. The van der Waals surface area contributed by atoms with Gasteiger partial charge in [0.1, 0.15) is 5.52 Å². The minimum Gasteiger partial charge on any atom is -0.322 e. The van der Waals surface area contributed by atoms with Gasteiger partial charge in [-0.3, -0.25) is 4.79 Å². The van der Waals surface area contributed by atoms with Crippen molar-refractivity contribution >= 4 is 28.5 Å². The van der Waals surface area contributed by atoms with Gasteiger partial charge in [0.25, 0.3) is 0 Å². The Morgan fingerprint density at radius 1 is 1.18 bits per heavy atom. The topological polar surface area (TPSA) is 47.8 Å². The fourth-order valence-corrected chi connectivity index (χ4v) is 2.07. The number of aromatic nitrogens is 3. The highest BCUT2D eigenvalue weighted by Gasteiger charge is 2.10. The molecule has 0 amide bonds. The Kier molecular flexibility index (Phi) is 2.14. The van der Waals surface area contributed by atoms with Gasteiger partial charge in [-0.05, 0) is 25.1 Å². The number of hydrogen-bond donors (Lipinski definition) is 0. The molecular weight excluding hydrogens is 214 g/mol. The summed E-state index contributed by atoms with van der Waals surface area (Å²) < 4.78 is 1.88. The molecule has 0 saturated carbocycles. The summed E-state index contributed by atoms with van der Waals surface area (Å²) in [6, 6.07) is 9.50. The molecule has 3 rings (SSSR count). The zero-order valence-corrected chi connectivity index (χ0v) is 9.42. The second-order valence-corrected chi connectivity index (χ2v) is 3.85. The number of fused-ring (bicyclic) bond motifs is 2. The third kappa shape index (κ3) is 1.41. The average molecular weight is 225 g/mol. The summed E-state index contributed by atoms with van der Waals surface area (Å²) in [7, 11) is 0. The van der Waals surface area contributed by atoms with Crippen molar-refractivity contribution in [1.82, 2.24) is 14.5 Å². The van der Waals surface area contributed by atoms with Gasteiger partial charge < -0.3 is 4.57 Å². The summed E-state index contributed by atoms with van der Waals surface area (Å²) in [5.74, 6) is 0. The van der Waals surface area contributed by atoms with Crippen LogP contribution in [0.5, 0.6) is 0 Å². The van der Waals surface area contributed by atoms with Crippen LogP contribution in [-0.2, 0) is 6.54 Å². The maximum Gasteiger partial charge on any atom is 0.166 e. The monoisotopic (exact) mass is 225 g/mol. The predicted octanol–water partition coefficient (Wildman–Crippen LogP) is 2.42. The van der Waals surface area contributed by atoms with Crippen LogP contribution in [0.1, 0.15) is 17.4 Å². The Morgan fingerprint density at radius 3 is 2.53 bits per heavy atom. The molecule has 1 aromatic carbocycles. The maximum atomic E-state index is 11.0. The van der Waals surface area contributed by atoms with Crippen LogP contribution in [0.2, 0.25) is 0 Å². The van der Waals surface area contributed by atoms with Gasteiger partial charge in [-0.25, -0.2) is 9.97 Å². The maximum absolute atomic E-state index is 11.0. The van der Waals surface area contributed by atoms with E-state index in [1.54, 1.807) is 6.07 Å². The normalized spacial score (nSPS) is 11.1. The lowest BCUT2D eigenvalue weighted by molar-refractivity contribution is 0.111. The third-order valence-corrected chi connectivity index (χ3v) is 2.87. The quantitative estimate of drug-likeness (QED) is 0.629. The number of aldehydes is 1. The molecule has 0 fully saturated rings. The van der Waals surface area contributed by atoms with E-state index in [1.165, 1.54) is 0 Å². The number of carbonyl (C=O) groups excluding carboxylic acids is 1. The fourth-order valence-electron chi connectivity index (χ4n) is 2.07. The minimum absolute atomic E-state index is 0.623. The van der Waals surface area contributed by atoms with Crippen LogP contribution in [0.25, 0.3) is 22.2 Å². The summed E-state index contributed by atoms with van der Waals surface area (Å²) in [5, 5.41) is 0. The van der Waals surface area contributed by atoms with E-state index in [4.69, 9.17) is 0 Å². The molecule has 0 N–H and O–H groups in total. The molecule has 0 unspecified atom stereocenters. The fraction of sp³-hybridized carbons (Fsp3) is 0.154. The van der Waals surface area contributed by atoms with Crippen molar-refractivity contribution in [2.75, 3.05) is 0 Å². The van der Waals surface area contributed by atoms with Gasteiger partial charge in [-0.2, -0.15) is 0 Å². The third-order valence-electron chi connectivity index (χ3n) is 2.87. The van der Waals surface area contributed by atoms with Gasteiger partial charge in [-0.15, -0.1) is 0 Å². The predicted molar refractivity (Wildman–Crippen MR) is 66.1 cm³/mol. The van der Waals surface area contributed by atoms with Crippen LogP contribution < -0.4 is 0 Å². The average Bonchev–Trinajstić information content (AvgIpc) is 2.72. The van der Waals surface area contributed by atoms with Crippen LogP contribution >= 0.6 is 0 Å². The summed E-state index contributed by atoms with van der Waals surface area (Å²) >= 11 is 0. The van der Waals surface area contributed by atoms with Crippen molar-refractivity contribution in [3.05, 3.63) is 36.0 Å². The Bertz CT molecular complexity index is 715. The Balaban J connectivity index is 2.45. The summed E-state index contributed by atoms with van der Waals surface area (Å²) in [5.41, 5.74) is 3.87. The van der Waals surface area contributed by atoms with Crippen LogP contribution in [-0.4, -0.2) is 20.8 Å². The molecule has 0 saturated heterocycles. The van der Waals surface area contributed by atoms with Crippen molar-refractivity contribution in [2.45, 2.75) is 13.5 Å². The van der Waals surface area contributed by atoms with Crippen molar-refractivity contribution in [3.8, 4) is 0 Å². The van der Waals surface area contributed by atoms with E-state index in [2.05, 4.69) is 9.97 Å². The lowest BCUT2D eigenvalue weighted by atomic mass is 10.3. The van der Waals surface area contributed by atoms with Gasteiger partial charge in [0.05, 0.1) is 16.7 Å². The highest BCUT2D eigenvalue weighted by atomic mass is 16.1. The Labute approximate surface area is 97.9 Å². The first kappa shape index (κ1) is 9.96. The number of carbonyl (C=O) groups is 1. The van der Waals surface area contributed by atoms with Crippen LogP contribution in [0.15, 0.2) is 30.3 Å². The summed E-state index contributed by atoms with van der Waals surface area (Å²) in [4.78, 5) is 20.0. The van der Waals surface area contributed by atoms with E-state index in [-0.39, 0.29) is 0 Å². The van der Waals surface area contributed by atoms with Crippen molar-refractivity contribution in [1.29, 1.82) is 0 Å². The molecule has 3 aromatic rings. The molecule has 0 aliphatic rings. The smallest absolute Gasteiger partial charge is 0.166 e. The van der Waals surface area contributed by atoms with E-state index in [9.17, 15) is 4.79 Å². The molecule has 0 atom stereocenters. The first-order valence-corrected chi connectivity index (χ1v) is 5.54. The highest BCUT2D eigenvalue weighted by molar-refractivity contribution is 5.89. The summed E-state index contributed by atoms with van der Waals surface area (Å²) in [6.45, 7) is 2.70. The number of benzene rings is 1. The molecule has 4 nitrogen and oxygen atoms in total. The minimum atomic E-state index is 0.623. The van der Waals surface area contributed by atoms with Gasteiger partial charge in [-0.1, -0.05) is 12.1 Å². The van der Waals surface area contributed by atoms with E-state index >= 15 is 0 Å². The molecule has 4 heteroatoms. The molecular formula is C13H11N3O. The SMILES string of the molecule is CCn1c(C=O)cc2nc3ccccc3nc21. The molecule has 84 valence electrons. The molecule has 0 bridgehead atoms. The first-order valence-electron chi connectivity index (χ1n) is 5.54. The van der Waals surface area contributed by atoms with Crippen molar-refractivity contribution < 1.29 is 4.79 Å². The standard InChI is InChI=1S/C13H11N3O/c1-2-16-9(8-17)7-12-13(16)15-11-6-4-3-5-10(11)14-12/h3-8H,2H2,1H3. The van der Waals surface area contributed by atoms with Gasteiger partial charge in [0.15, 0.2) is 11.9 Å². The molecule has 2 aromatic heterocycles.